The molecule has 1 fully saturated rings. The number of hydrogen-bond acceptors (Lipinski definition) is 3. The predicted molar refractivity (Wildman–Crippen MR) is 54.6 cm³/mol. The number of benzene rings is 1. The summed E-state index contributed by atoms with van der Waals surface area (Å²) < 4.78 is 13.5. The van der Waals surface area contributed by atoms with Gasteiger partial charge in [-0.05, 0) is 24.6 Å². The molecule has 1 saturated heterocycles. The average molecular weight is 225 g/mol. The molecular formula is C11H12FNO3. The molecule has 5 heteroatoms. The summed E-state index contributed by atoms with van der Waals surface area (Å²) in [6, 6.07) is 3.44. The van der Waals surface area contributed by atoms with E-state index in [4.69, 9.17) is 5.11 Å². The average Bonchev–Trinajstić information content (AvgIpc) is 2.70. The molecule has 0 radical (unpaired) electrons. The van der Waals surface area contributed by atoms with Crippen LogP contribution in [0.2, 0.25) is 0 Å². The fourth-order valence-corrected chi connectivity index (χ4v) is 1.96. The van der Waals surface area contributed by atoms with E-state index in [0.29, 0.717) is 18.5 Å². The third kappa shape index (κ3) is 1.99. The lowest BCUT2D eigenvalue weighted by Crippen LogP contribution is -2.17. The summed E-state index contributed by atoms with van der Waals surface area (Å²) in [5.74, 6) is -1.82. The molecule has 1 heterocycles. The van der Waals surface area contributed by atoms with Crippen molar-refractivity contribution in [2.45, 2.75) is 12.5 Å². The minimum Gasteiger partial charge on any atom is -0.508 e. The number of aliphatic carboxylic acids is 1. The van der Waals surface area contributed by atoms with Crippen molar-refractivity contribution in [1.82, 2.24) is 5.32 Å². The van der Waals surface area contributed by atoms with Crippen LogP contribution >= 0.6 is 0 Å². The lowest BCUT2D eigenvalue weighted by atomic mass is 9.99. The molecule has 0 aromatic heterocycles. The molecule has 0 saturated carbocycles. The molecule has 1 aromatic carbocycles. The van der Waals surface area contributed by atoms with Gasteiger partial charge in [0.15, 0.2) is 0 Å². The quantitative estimate of drug-likeness (QED) is 0.708. The number of rotatable bonds is 2. The summed E-state index contributed by atoms with van der Waals surface area (Å²) in [4.78, 5) is 10.7. The van der Waals surface area contributed by atoms with E-state index < -0.39 is 17.7 Å². The van der Waals surface area contributed by atoms with Crippen molar-refractivity contribution in [1.29, 1.82) is 0 Å². The second-order valence-corrected chi connectivity index (χ2v) is 3.94. The molecule has 1 aromatic rings. The maximum Gasteiger partial charge on any atom is 0.307 e. The summed E-state index contributed by atoms with van der Waals surface area (Å²) in [5.41, 5.74) is 0.323. The van der Waals surface area contributed by atoms with Crippen molar-refractivity contribution >= 4 is 5.97 Å². The van der Waals surface area contributed by atoms with E-state index in [1.807, 2.05) is 0 Å². The first-order valence-corrected chi connectivity index (χ1v) is 5.02. The van der Waals surface area contributed by atoms with Crippen LogP contribution in [0, 0.1) is 11.7 Å². The molecule has 0 spiro atoms. The second kappa shape index (κ2) is 4.09. The number of aromatic hydroxyl groups is 1. The molecule has 16 heavy (non-hydrogen) atoms. The van der Waals surface area contributed by atoms with Crippen LogP contribution in [-0.2, 0) is 4.79 Å². The number of carboxylic acid groups (broad SMARTS) is 1. The van der Waals surface area contributed by atoms with Gasteiger partial charge >= 0.3 is 5.97 Å². The van der Waals surface area contributed by atoms with E-state index in [1.54, 1.807) is 0 Å². The third-order valence-corrected chi connectivity index (χ3v) is 2.84. The fraction of sp³-hybridized carbons (Fsp3) is 0.364. The van der Waals surface area contributed by atoms with E-state index >= 15 is 0 Å². The summed E-state index contributed by atoms with van der Waals surface area (Å²) in [6.45, 7) is 0.328. The molecule has 3 N–H and O–H groups in total. The van der Waals surface area contributed by atoms with Gasteiger partial charge in [0.2, 0.25) is 0 Å². The second-order valence-electron chi connectivity index (χ2n) is 3.94. The van der Waals surface area contributed by atoms with Crippen LogP contribution in [0.1, 0.15) is 18.0 Å². The Labute approximate surface area is 91.7 Å². The predicted octanol–water partition coefficient (Wildman–Crippen LogP) is 1.27. The first kappa shape index (κ1) is 10.9. The molecule has 0 bridgehead atoms. The van der Waals surface area contributed by atoms with Crippen LogP contribution in [0.3, 0.4) is 0 Å². The molecule has 0 amide bonds. The molecule has 2 unspecified atom stereocenters. The lowest BCUT2D eigenvalue weighted by Gasteiger charge is -2.11. The van der Waals surface area contributed by atoms with E-state index in [9.17, 15) is 14.3 Å². The SMILES string of the molecule is O=C(O)C1CNC(c2cc(O)ccc2F)C1. The smallest absolute Gasteiger partial charge is 0.307 e. The van der Waals surface area contributed by atoms with Gasteiger partial charge in [0, 0.05) is 18.2 Å². The number of phenolic OH excluding ortho intramolecular Hbond substituents is 1. The zero-order valence-electron chi connectivity index (χ0n) is 8.48. The van der Waals surface area contributed by atoms with Crippen molar-refractivity contribution in [3.63, 3.8) is 0 Å². The molecular weight excluding hydrogens is 213 g/mol. The highest BCUT2D eigenvalue weighted by molar-refractivity contribution is 5.70. The zero-order valence-corrected chi connectivity index (χ0v) is 8.48. The fourth-order valence-electron chi connectivity index (χ4n) is 1.96. The van der Waals surface area contributed by atoms with E-state index in [-0.39, 0.29) is 11.8 Å². The summed E-state index contributed by atoms with van der Waals surface area (Å²) in [6.07, 6.45) is 0.343. The summed E-state index contributed by atoms with van der Waals surface area (Å²) >= 11 is 0. The van der Waals surface area contributed by atoms with E-state index in [2.05, 4.69) is 5.32 Å². The molecule has 1 aliphatic rings. The number of halogens is 1. The van der Waals surface area contributed by atoms with E-state index in [1.165, 1.54) is 18.2 Å². The Morgan fingerprint density at radius 2 is 2.25 bits per heavy atom. The Hall–Kier alpha value is -1.62. The van der Waals surface area contributed by atoms with Gasteiger partial charge in [-0.1, -0.05) is 0 Å². The Morgan fingerprint density at radius 3 is 2.88 bits per heavy atom. The highest BCUT2D eigenvalue weighted by Gasteiger charge is 2.31. The maximum atomic E-state index is 13.5. The van der Waals surface area contributed by atoms with Gasteiger partial charge in [-0.2, -0.15) is 0 Å². The number of carboxylic acids is 1. The Bertz CT molecular complexity index is 422. The molecule has 2 rings (SSSR count). The Balaban J connectivity index is 2.20. The minimum atomic E-state index is -0.879. The van der Waals surface area contributed by atoms with Gasteiger partial charge < -0.3 is 15.5 Å². The standard InChI is InChI=1S/C11H12FNO3/c12-9-2-1-7(14)4-8(9)10-3-6(5-13-10)11(15)16/h1-2,4,6,10,13-14H,3,5H2,(H,15,16). The number of hydrogen-bond donors (Lipinski definition) is 3. The Morgan fingerprint density at radius 1 is 1.50 bits per heavy atom. The van der Waals surface area contributed by atoms with Gasteiger partial charge in [-0.25, -0.2) is 4.39 Å². The first-order valence-electron chi connectivity index (χ1n) is 5.02. The maximum absolute atomic E-state index is 13.5. The van der Waals surface area contributed by atoms with Crippen molar-refractivity contribution in [3.8, 4) is 5.75 Å². The van der Waals surface area contributed by atoms with Crippen LogP contribution in [0.4, 0.5) is 4.39 Å². The largest absolute Gasteiger partial charge is 0.508 e. The lowest BCUT2D eigenvalue weighted by molar-refractivity contribution is -0.141. The zero-order chi connectivity index (χ0) is 11.7. The monoisotopic (exact) mass is 225 g/mol. The van der Waals surface area contributed by atoms with Gasteiger partial charge in [0.25, 0.3) is 0 Å². The van der Waals surface area contributed by atoms with E-state index in [0.717, 1.165) is 0 Å². The summed E-state index contributed by atoms with van der Waals surface area (Å²) in [5, 5.41) is 21.0. The highest BCUT2D eigenvalue weighted by Crippen LogP contribution is 2.30. The van der Waals surface area contributed by atoms with Crippen molar-refractivity contribution in [2.24, 2.45) is 5.92 Å². The topological polar surface area (TPSA) is 69.6 Å². The highest BCUT2D eigenvalue weighted by atomic mass is 19.1. The minimum absolute atomic E-state index is 0.0167. The van der Waals surface area contributed by atoms with Gasteiger partial charge in [-0.15, -0.1) is 0 Å². The number of carbonyl (C=O) groups is 1. The molecule has 0 aliphatic carbocycles. The van der Waals surface area contributed by atoms with Crippen LogP contribution in [0.25, 0.3) is 0 Å². The van der Waals surface area contributed by atoms with Crippen LogP contribution in [0.15, 0.2) is 18.2 Å². The van der Waals surface area contributed by atoms with Gasteiger partial charge in [0.1, 0.15) is 11.6 Å². The van der Waals surface area contributed by atoms with Crippen LogP contribution in [0.5, 0.6) is 5.75 Å². The first-order chi connectivity index (χ1) is 7.58. The third-order valence-electron chi connectivity index (χ3n) is 2.84. The van der Waals surface area contributed by atoms with Crippen molar-refractivity contribution < 1.29 is 19.4 Å². The number of nitrogens with one attached hydrogen (secondary N) is 1. The van der Waals surface area contributed by atoms with Gasteiger partial charge in [-0.3, -0.25) is 4.79 Å². The van der Waals surface area contributed by atoms with Crippen molar-refractivity contribution in [3.05, 3.63) is 29.6 Å². The van der Waals surface area contributed by atoms with Crippen LogP contribution < -0.4 is 5.32 Å². The number of phenols is 1. The molecule has 4 nitrogen and oxygen atoms in total. The summed E-state index contributed by atoms with van der Waals surface area (Å²) in [7, 11) is 0. The Kier molecular flexibility index (Phi) is 2.78. The van der Waals surface area contributed by atoms with Gasteiger partial charge in [0.05, 0.1) is 5.92 Å². The normalized spacial score (nSPS) is 24.6. The van der Waals surface area contributed by atoms with Crippen LogP contribution in [-0.4, -0.2) is 22.7 Å². The molecule has 1 aliphatic heterocycles. The van der Waals surface area contributed by atoms with Crippen molar-refractivity contribution in [2.75, 3.05) is 6.54 Å². The molecule has 86 valence electrons. The molecule has 2 atom stereocenters.